The van der Waals surface area contributed by atoms with E-state index in [1.807, 2.05) is 6.07 Å². The molecule has 0 aliphatic carbocycles. The summed E-state index contributed by atoms with van der Waals surface area (Å²) in [6.07, 6.45) is -1.40. The first kappa shape index (κ1) is 36.2. The van der Waals surface area contributed by atoms with Crippen LogP contribution in [-0.4, -0.2) is 119 Å². The molecule has 17 heteroatoms. The van der Waals surface area contributed by atoms with Crippen molar-refractivity contribution in [2.24, 2.45) is 0 Å². The standard InChI is InChI=1S/C22H25FN6O3.C4H6O6.C3H8O/c23-15-1-2-18-19(11-15)29(21(30)14-25-18)8-7-28-5-3-16(4-6-28)24-13-17-12-20-22(27-26-17)32-10-9-31-20;5-1(3(7)8)2(6)4(9)10;1-3(2)4/h1-2,11-12,14,16,24H,3-10,13H2;1-2,5-6H,(H,7,8)(H,9,10);3-4H,1-2H3/t;1-,2-;/m.1./s1. The number of rotatable bonds is 9. The molecule has 0 amide bonds. The van der Waals surface area contributed by atoms with Crippen LogP contribution < -0.4 is 20.3 Å². The molecule has 5 rings (SSSR count). The lowest BCUT2D eigenvalue weighted by molar-refractivity contribution is -0.165. The van der Waals surface area contributed by atoms with Crippen LogP contribution in [0.5, 0.6) is 11.6 Å². The van der Waals surface area contributed by atoms with Crippen LogP contribution in [0.4, 0.5) is 4.39 Å². The van der Waals surface area contributed by atoms with Gasteiger partial charge in [0.05, 0.1) is 22.9 Å². The summed E-state index contributed by atoms with van der Waals surface area (Å²) in [6, 6.07) is 6.60. The normalized spacial score (nSPS) is 16.1. The van der Waals surface area contributed by atoms with Crippen LogP contribution in [0.1, 0.15) is 32.4 Å². The molecule has 6 N–H and O–H groups in total. The smallest absolute Gasteiger partial charge is 0.335 e. The zero-order valence-electron chi connectivity index (χ0n) is 25.5. The van der Waals surface area contributed by atoms with Crippen molar-refractivity contribution >= 4 is 23.0 Å². The highest BCUT2D eigenvalue weighted by Gasteiger charge is 2.29. The lowest BCUT2D eigenvalue weighted by atomic mass is 10.0. The molecule has 2 aliphatic heterocycles. The van der Waals surface area contributed by atoms with E-state index in [1.54, 1.807) is 24.5 Å². The van der Waals surface area contributed by atoms with Crippen LogP contribution in [-0.2, 0) is 22.7 Å². The third-order valence-electron chi connectivity index (χ3n) is 6.77. The molecule has 1 saturated heterocycles. The number of aromatic nitrogens is 4. The van der Waals surface area contributed by atoms with Gasteiger partial charge in [-0.25, -0.2) is 19.0 Å². The first-order valence-electron chi connectivity index (χ1n) is 14.6. The molecule has 46 heavy (non-hydrogen) atoms. The quantitative estimate of drug-likeness (QED) is 0.173. The van der Waals surface area contributed by atoms with Gasteiger partial charge in [0.25, 0.3) is 11.4 Å². The topological polar surface area (TPSA) is 230 Å². The number of fused-ring (bicyclic) bond motifs is 2. The largest absolute Gasteiger partial charge is 0.484 e. The Balaban J connectivity index is 0.000000347. The number of aliphatic carboxylic acids is 2. The molecular formula is C29H39FN6O10. The number of hydrogen-bond acceptors (Lipinski definition) is 13. The fourth-order valence-corrected chi connectivity index (χ4v) is 4.47. The molecule has 2 aliphatic rings. The van der Waals surface area contributed by atoms with Crippen LogP contribution in [0.3, 0.4) is 0 Å². The zero-order valence-corrected chi connectivity index (χ0v) is 25.5. The van der Waals surface area contributed by atoms with Crippen molar-refractivity contribution in [3.8, 4) is 11.6 Å². The Morgan fingerprint density at radius 2 is 1.63 bits per heavy atom. The number of piperidine rings is 1. The minimum absolute atomic E-state index is 0.167. The van der Waals surface area contributed by atoms with E-state index in [-0.39, 0.29) is 17.5 Å². The fraction of sp³-hybridized carbons (Fsp3) is 0.517. The summed E-state index contributed by atoms with van der Waals surface area (Å²) in [5.74, 6) is -2.80. The van der Waals surface area contributed by atoms with Crippen LogP contribution in [0.15, 0.2) is 35.3 Å². The molecule has 2 atom stereocenters. The van der Waals surface area contributed by atoms with Gasteiger partial charge in [-0.3, -0.25) is 4.79 Å². The number of aliphatic hydroxyl groups is 3. The highest BCUT2D eigenvalue weighted by atomic mass is 19.1. The number of carboxylic acids is 2. The fourth-order valence-electron chi connectivity index (χ4n) is 4.47. The van der Waals surface area contributed by atoms with Gasteiger partial charge in [0.15, 0.2) is 18.0 Å². The van der Waals surface area contributed by atoms with Crippen molar-refractivity contribution < 1.29 is 49.0 Å². The summed E-state index contributed by atoms with van der Waals surface area (Å²) < 4.78 is 26.3. The van der Waals surface area contributed by atoms with Crippen LogP contribution >= 0.6 is 0 Å². The molecule has 3 aromatic rings. The summed E-state index contributed by atoms with van der Waals surface area (Å²) >= 11 is 0. The summed E-state index contributed by atoms with van der Waals surface area (Å²) in [5.41, 5.74) is 1.78. The molecule has 2 aromatic heterocycles. The Labute approximate surface area is 263 Å². The molecule has 1 aromatic carbocycles. The minimum atomic E-state index is -2.27. The van der Waals surface area contributed by atoms with E-state index in [1.165, 1.54) is 18.3 Å². The van der Waals surface area contributed by atoms with Crippen molar-refractivity contribution in [1.29, 1.82) is 0 Å². The number of benzene rings is 1. The second-order valence-electron chi connectivity index (χ2n) is 10.7. The van der Waals surface area contributed by atoms with Crippen LogP contribution in [0, 0.1) is 5.82 Å². The molecule has 0 saturated carbocycles. The van der Waals surface area contributed by atoms with Crippen molar-refractivity contribution in [3.05, 3.63) is 52.3 Å². The number of aliphatic hydroxyl groups excluding tert-OH is 3. The van der Waals surface area contributed by atoms with Gasteiger partial charge in [0, 0.05) is 37.8 Å². The van der Waals surface area contributed by atoms with E-state index in [0.717, 1.165) is 38.2 Å². The summed E-state index contributed by atoms with van der Waals surface area (Å²) in [5, 5.41) is 52.4. The number of nitrogens with one attached hydrogen (secondary N) is 1. The summed E-state index contributed by atoms with van der Waals surface area (Å²) in [4.78, 5) is 38.3. The minimum Gasteiger partial charge on any atom is -0.484 e. The highest BCUT2D eigenvalue weighted by molar-refractivity contribution is 5.83. The number of carbonyl (C=O) groups is 2. The maximum absolute atomic E-state index is 13.7. The second kappa shape index (κ2) is 17.4. The third-order valence-corrected chi connectivity index (χ3v) is 6.77. The second-order valence-corrected chi connectivity index (χ2v) is 10.7. The number of likely N-dealkylation sites (tertiary alicyclic amines) is 1. The van der Waals surface area contributed by atoms with Gasteiger partial charge >= 0.3 is 11.9 Å². The third kappa shape index (κ3) is 11.0. The number of nitrogens with zero attached hydrogens (tertiary/aromatic N) is 5. The van der Waals surface area contributed by atoms with Crippen LogP contribution in [0.2, 0.25) is 0 Å². The zero-order chi connectivity index (χ0) is 33.8. The van der Waals surface area contributed by atoms with Gasteiger partial charge < -0.3 is 49.8 Å². The Hall–Kier alpha value is -4.29. The molecule has 4 heterocycles. The monoisotopic (exact) mass is 650 g/mol. The predicted molar refractivity (Wildman–Crippen MR) is 160 cm³/mol. The van der Waals surface area contributed by atoms with Gasteiger partial charge in [-0.2, -0.15) is 5.10 Å². The lowest BCUT2D eigenvalue weighted by Crippen LogP contribution is -2.43. The average molecular weight is 651 g/mol. The number of hydrogen-bond donors (Lipinski definition) is 6. The number of carboxylic acid groups (broad SMARTS) is 2. The van der Waals surface area contributed by atoms with E-state index in [9.17, 15) is 18.8 Å². The maximum atomic E-state index is 13.7. The van der Waals surface area contributed by atoms with E-state index < -0.39 is 24.1 Å². The SMILES string of the molecule is CC(C)O.O=C(O)[C@H](O)[C@@H](O)C(=O)O.O=c1cnc2ccc(F)cc2n1CCN1CCC(NCc2cc3c(nn2)OCCO3)CC1. The average Bonchev–Trinajstić information content (AvgIpc) is 3.03. The molecule has 1 fully saturated rings. The van der Waals surface area contributed by atoms with Gasteiger partial charge in [-0.15, -0.1) is 5.10 Å². The predicted octanol–water partition coefficient (Wildman–Crippen LogP) is -0.384. The van der Waals surface area contributed by atoms with Crippen molar-refractivity contribution in [3.63, 3.8) is 0 Å². The molecule has 0 bridgehead atoms. The van der Waals surface area contributed by atoms with E-state index in [4.69, 9.17) is 35.0 Å². The number of halogens is 1. The van der Waals surface area contributed by atoms with Crippen molar-refractivity contribution in [2.75, 3.05) is 32.8 Å². The molecule has 16 nitrogen and oxygen atoms in total. The van der Waals surface area contributed by atoms with Gasteiger partial charge in [0.2, 0.25) is 0 Å². The summed E-state index contributed by atoms with van der Waals surface area (Å²) in [7, 11) is 0. The molecule has 0 radical (unpaired) electrons. The summed E-state index contributed by atoms with van der Waals surface area (Å²) in [6.45, 7) is 8.19. The van der Waals surface area contributed by atoms with Crippen molar-refractivity contribution in [2.45, 2.75) is 64.1 Å². The Morgan fingerprint density at radius 1 is 1.00 bits per heavy atom. The molecule has 0 unspecified atom stereocenters. The first-order valence-corrected chi connectivity index (χ1v) is 14.6. The van der Waals surface area contributed by atoms with Gasteiger partial charge in [-0.05, 0) is 58.0 Å². The Bertz CT molecular complexity index is 1490. The van der Waals surface area contributed by atoms with E-state index >= 15 is 0 Å². The molecule has 252 valence electrons. The van der Waals surface area contributed by atoms with Gasteiger partial charge in [-0.1, -0.05) is 0 Å². The first-order chi connectivity index (χ1) is 21.8. The van der Waals surface area contributed by atoms with Crippen molar-refractivity contribution in [1.82, 2.24) is 30.0 Å². The van der Waals surface area contributed by atoms with Crippen LogP contribution in [0.25, 0.3) is 11.0 Å². The molecular weight excluding hydrogens is 611 g/mol. The Morgan fingerprint density at radius 3 is 2.26 bits per heavy atom. The molecule has 0 spiro atoms. The highest BCUT2D eigenvalue weighted by Crippen LogP contribution is 2.26. The maximum Gasteiger partial charge on any atom is 0.335 e. The van der Waals surface area contributed by atoms with E-state index in [2.05, 4.69) is 25.4 Å². The van der Waals surface area contributed by atoms with Gasteiger partial charge in [0.1, 0.15) is 19.0 Å². The number of ether oxygens (including phenoxy) is 2. The van der Waals surface area contributed by atoms with E-state index in [0.29, 0.717) is 55.0 Å². The Kier molecular flexibility index (Phi) is 13.7. The lowest BCUT2D eigenvalue weighted by Gasteiger charge is -2.32.